The summed E-state index contributed by atoms with van der Waals surface area (Å²) in [6, 6.07) is 8.43. The molecule has 1 rings (SSSR count). The number of hydrogen-bond donors (Lipinski definition) is 1. The van der Waals surface area contributed by atoms with Crippen LogP contribution in [0.5, 0.6) is 0 Å². The van der Waals surface area contributed by atoms with Gasteiger partial charge in [0.2, 0.25) is 0 Å². The monoisotopic (exact) mass is 193 g/mol. The van der Waals surface area contributed by atoms with Gasteiger partial charge in [-0.15, -0.1) is 0 Å². The largest absolute Gasteiger partial charge is 0.393 e. The molecule has 1 N–H and O–H groups in total. The summed E-state index contributed by atoms with van der Waals surface area (Å²) in [5.74, 6) is 0. The van der Waals surface area contributed by atoms with E-state index < -0.39 is 0 Å². The molecule has 0 spiro atoms. The van der Waals surface area contributed by atoms with Crippen LogP contribution >= 0.6 is 0 Å². The van der Waals surface area contributed by atoms with Gasteiger partial charge in [0.25, 0.3) is 0 Å². The Labute approximate surface area is 86.2 Å². The molecule has 0 aromatic heterocycles. The molecule has 0 radical (unpaired) electrons. The number of aliphatic hydroxyl groups excluding tert-OH is 1. The number of nitrogens with zero attached hydrogens (tertiary/aromatic N) is 1. The lowest BCUT2D eigenvalue weighted by Crippen LogP contribution is -2.09. The van der Waals surface area contributed by atoms with Crippen molar-refractivity contribution in [2.24, 2.45) is 0 Å². The minimum Gasteiger partial charge on any atom is -0.393 e. The molecule has 0 aliphatic carbocycles. The van der Waals surface area contributed by atoms with Crippen LogP contribution < -0.4 is 4.90 Å². The highest BCUT2D eigenvalue weighted by atomic mass is 16.3. The van der Waals surface area contributed by atoms with E-state index in [9.17, 15) is 5.11 Å². The van der Waals surface area contributed by atoms with E-state index in [2.05, 4.69) is 29.2 Å². The van der Waals surface area contributed by atoms with E-state index in [1.165, 1.54) is 11.3 Å². The van der Waals surface area contributed by atoms with Crippen molar-refractivity contribution in [2.75, 3.05) is 19.0 Å². The third kappa shape index (κ3) is 3.38. The normalized spacial score (nSPS) is 12.6. The fourth-order valence-electron chi connectivity index (χ4n) is 1.37. The zero-order valence-electron chi connectivity index (χ0n) is 9.20. The molecule has 2 nitrogen and oxygen atoms in total. The molecule has 0 fully saturated rings. The first kappa shape index (κ1) is 11.1. The highest BCUT2D eigenvalue weighted by molar-refractivity contribution is 5.47. The van der Waals surface area contributed by atoms with Gasteiger partial charge < -0.3 is 10.0 Å². The van der Waals surface area contributed by atoms with Crippen molar-refractivity contribution < 1.29 is 5.11 Å². The Morgan fingerprint density at radius 3 is 2.64 bits per heavy atom. The van der Waals surface area contributed by atoms with Crippen LogP contribution in [-0.4, -0.2) is 25.3 Å². The zero-order valence-corrected chi connectivity index (χ0v) is 9.20. The fraction of sp³-hybridized carbons (Fsp3) is 0.500. The smallest absolute Gasteiger partial charge is 0.0515 e. The summed E-state index contributed by atoms with van der Waals surface area (Å²) in [4.78, 5) is 2.09. The highest BCUT2D eigenvalue weighted by Gasteiger charge is 2.00. The van der Waals surface area contributed by atoms with Crippen LogP contribution in [0.25, 0.3) is 0 Å². The van der Waals surface area contributed by atoms with E-state index in [0.29, 0.717) is 0 Å². The summed E-state index contributed by atoms with van der Waals surface area (Å²) in [6.45, 7) is 1.83. The number of hydrogen-bond acceptors (Lipinski definition) is 2. The number of rotatable bonds is 4. The molecule has 1 unspecified atom stereocenters. The van der Waals surface area contributed by atoms with Crippen LogP contribution in [0.2, 0.25) is 0 Å². The van der Waals surface area contributed by atoms with E-state index in [1.807, 2.05) is 21.0 Å². The predicted molar refractivity (Wildman–Crippen MR) is 60.8 cm³/mol. The maximum Gasteiger partial charge on any atom is 0.0515 e. The maximum atomic E-state index is 9.18. The number of aliphatic hydroxyl groups is 1. The molecule has 1 aromatic carbocycles. The average molecular weight is 193 g/mol. The molecular formula is C12H19NO. The van der Waals surface area contributed by atoms with Gasteiger partial charge in [-0.25, -0.2) is 0 Å². The van der Waals surface area contributed by atoms with Crippen molar-refractivity contribution in [3.8, 4) is 0 Å². The minimum absolute atomic E-state index is 0.210. The molecular weight excluding hydrogens is 174 g/mol. The zero-order chi connectivity index (χ0) is 10.6. The van der Waals surface area contributed by atoms with Gasteiger partial charge in [0.15, 0.2) is 0 Å². The quantitative estimate of drug-likeness (QED) is 0.791. The van der Waals surface area contributed by atoms with Crippen molar-refractivity contribution in [3.05, 3.63) is 29.8 Å². The predicted octanol–water partition coefficient (Wildman–Crippen LogP) is 2.07. The van der Waals surface area contributed by atoms with Crippen molar-refractivity contribution in [3.63, 3.8) is 0 Å². The lowest BCUT2D eigenvalue weighted by atomic mass is 10.1. The molecule has 0 heterocycles. The lowest BCUT2D eigenvalue weighted by molar-refractivity contribution is 0.185. The van der Waals surface area contributed by atoms with Crippen molar-refractivity contribution >= 4 is 5.69 Å². The molecule has 0 amide bonds. The van der Waals surface area contributed by atoms with Crippen LogP contribution in [0.3, 0.4) is 0 Å². The van der Waals surface area contributed by atoms with E-state index in [4.69, 9.17) is 0 Å². The number of anilines is 1. The van der Waals surface area contributed by atoms with Gasteiger partial charge in [-0.2, -0.15) is 0 Å². The molecule has 1 atom stereocenters. The van der Waals surface area contributed by atoms with Crippen LogP contribution in [0.4, 0.5) is 5.69 Å². The van der Waals surface area contributed by atoms with E-state index in [1.54, 1.807) is 0 Å². The second-order valence-corrected chi connectivity index (χ2v) is 3.95. The van der Waals surface area contributed by atoms with Gasteiger partial charge in [-0.05, 0) is 37.5 Å². The topological polar surface area (TPSA) is 23.5 Å². The summed E-state index contributed by atoms with van der Waals surface area (Å²) >= 11 is 0. The summed E-state index contributed by atoms with van der Waals surface area (Å²) in [7, 11) is 4.07. The van der Waals surface area contributed by atoms with Gasteiger partial charge in [0.1, 0.15) is 0 Å². The second kappa shape index (κ2) is 5.01. The molecule has 2 heteroatoms. The number of aryl methyl sites for hydroxylation is 1. The molecule has 78 valence electrons. The van der Waals surface area contributed by atoms with Crippen LogP contribution in [0.15, 0.2) is 24.3 Å². The molecule has 0 bridgehead atoms. The molecule has 0 saturated heterocycles. The third-order valence-electron chi connectivity index (χ3n) is 2.28. The molecule has 0 aliphatic heterocycles. The SMILES string of the molecule is CC(O)CCc1cccc(N(C)C)c1. The lowest BCUT2D eigenvalue weighted by Gasteiger charge is -2.13. The van der Waals surface area contributed by atoms with Gasteiger partial charge >= 0.3 is 0 Å². The Bertz CT molecular complexity index is 281. The minimum atomic E-state index is -0.210. The maximum absolute atomic E-state index is 9.18. The van der Waals surface area contributed by atoms with E-state index in [-0.39, 0.29) is 6.10 Å². The highest BCUT2D eigenvalue weighted by Crippen LogP contribution is 2.15. The summed E-state index contributed by atoms with van der Waals surface area (Å²) in [6.07, 6.45) is 1.56. The Kier molecular flexibility index (Phi) is 3.96. The van der Waals surface area contributed by atoms with Crippen LogP contribution in [0, 0.1) is 0 Å². The van der Waals surface area contributed by atoms with Gasteiger partial charge in [-0.1, -0.05) is 12.1 Å². The first-order valence-electron chi connectivity index (χ1n) is 5.04. The number of benzene rings is 1. The molecule has 0 aliphatic rings. The van der Waals surface area contributed by atoms with Gasteiger partial charge in [0.05, 0.1) is 6.10 Å². The van der Waals surface area contributed by atoms with E-state index in [0.717, 1.165) is 12.8 Å². The van der Waals surface area contributed by atoms with E-state index >= 15 is 0 Å². The average Bonchev–Trinajstić information content (AvgIpc) is 2.15. The fourth-order valence-corrected chi connectivity index (χ4v) is 1.37. The van der Waals surface area contributed by atoms with Crippen molar-refractivity contribution in [1.82, 2.24) is 0 Å². The Morgan fingerprint density at radius 1 is 1.36 bits per heavy atom. The standard InChI is InChI=1S/C12H19NO/c1-10(14)7-8-11-5-4-6-12(9-11)13(2)3/h4-6,9-10,14H,7-8H2,1-3H3. The van der Waals surface area contributed by atoms with Gasteiger partial charge in [0, 0.05) is 19.8 Å². The first-order valence-corrected chi connectivity index (χ1v) is 5.04. The van der Waals surface area contributed by atoms with Crippen LogP contribution in [-0.2, 0) is 6.42 Å². The van der Waals surface area contributed by atoms with Crippen molar-refractivity contribution in [2.45, 2.75) is 25.9 Å². The summed E-state index contributed by atoms with van der Waals surface area (Å²) < 4.78 is 0. The molecule has 0 saturated carbocycles. The molecule has 14 heavy (non-hydrogen) atoms. The second-order valence-electron chi connectivity index (χ2n) is 3.95. The Balaban J connectivity index is 2.64. The Hall–Kier alpha value is -1.02. The molecule has 1 aromatic rings. The van der Waals surface area contributed by atoms with Crippen molar-refractivity contribution in [1.29, 1.82) is 0 Å². The van der Waals surface area contributed by atoms with Crippen LogP contribution in [0.1, 0.15) is 18.9 Å². The summed E-state index contributed by atoms with van der Waals surface area (Å²) in [5.41, 5.74) is 2.50. The first-order chi connectivity index (χ1) is 6.59. The third-order valence-corrected chi connectivity index (χ3v) is 2.28. The Morgan fingerprint density at radius 2 is 2.07 bits per heavy atom. The van der Waals surface area contributed by atoms with Gasteiger partial charge in [-0.3, -0.25) is 0 Å². The summed E-state index contributed by atoms with van der Waals surface area (Å²) in [5, 5.41) is 9.18.